The fourth-order valence-corrected chi connectivity index (χ4v) is 4.66. The van der Waals surface area contributed by atoms with E-state index in [9.17, 15) is 14.9 Å². The lowest BCUT2D eigenvalue weighted by atomic mass is 10.1. The number of benzene rings is 2. The van der Waals surface area contributed by atoms with Crippen molar-refractivity contribution in [3.05, 3.63) is 85.7 Å². The number of aryl methyl sites for hydroxylation is 1. The van der Waals surface area contributed by atoms with Gasteiger partial charge in [-0.05, 0) is 71.6 Å². The highest BCUT2D eigenvalue weighted by molar-refractivity contribution is 9.10. The van der Waals surface area contributed by atoms with Crippen LogP contribution in [0.5, 0.6) is 5.75 Å². The van der Waals surface area contributed by atoms with Gasteiger partial charge in [-0.1, -0.05) is 36.4 Å². The number of rotatable bonds is 8. The molecular formula is C26H23BrN2O4S. The quantitative estimate of drug-likeness (QED) is 0.203. The fraction of sp³-hybridized carbons (Fsp3) is 0.192. The molecule has 0 spiro atoms. The second kappa shape index (κ2) is 11.6. The van der Waals surface area contributed by atoms with Crippen LogP contribution in [0.25, 0.3) is 6.08 Å². The first-order valence-electron chi connectivity index (χ1n) is 10.5. The van der Waals surface area contributed by atoms with E-state index in [2.05, 4.69) is 21.2 Å². The normalized spacial score (nSPS) is 11.0. The maximum atomic E-state index is 12.8. The van der Waals surface area contributed by atoms with Gasteiger partial charge >= 0.3 is 5.97 Å². The Balaban J connectivity index is 1.77. The molecule has 0 fully saturated rings. The first-order chi connectivity index (χ1) is 16.3. The summed E-state index contributed by atoms with van der Waals surface area (Å²) in [5, 5.41) is 12.7. The molecular weight excluding hydrogens is 516 g/mol. The van der Waals surface area contributed by atoms with Crippen LogP contribution in [0, 0.1) is 25.2 Å². The Labute approximate surface area is 211 Å². The minimum atomic E-state index is -0.602. The van der Waals surface area contributed by atoms with Crippen molar-refractivity contribution in [1.29, 1.82) is 5.26 Å². The molecule has 1 heterocycles. The molecule has 0 saturated heterocycles. The van der Waals surface area contributed by atoms with Crippen LogP contribution in [0.4, 0.5) is 5.00 Å². The van der Waals surface area contributed by atoms with Gasteiger partial charge in [0.25, 0.3) is 5.91 Å². The van der Waals surface area contributed by atoms with Crippen molar-refractivity contribution in [1.82, 2.24) is 0 Å². The van der Waals surface area contributed by atoms with Crippen LogP contribution in [0.2, 0.25) is 0 Å². The predicted molar refractivity (Wildman–Crippen MR) is 137 cm³/mol. The van der Waals surface area contributed by atoms with E-state index in [-0.39, 0.29) is 12.2 Å². The van der Waals surface area contributed by atoms with Gasteiger partial charge < -0.3 is 14.8 Å². The third kappa shape index (κ3) is 6.13. The lowest BCUT2D eigenvalue weighted by Gasteiger charge is -2.09. The van der Waals surface area contributed by atoms with Crippen molar-refractivity contribution in [3.63, 3.8) is 0 Å². The Morgan fingerprint density at radius 1 is 1.18 bits per heavy atom. The van der Waals surface area contributed by atoms with Gasteiger partial charge in [-0.25, -0.2) is 4.79 Å². The highest BCUT2D eigenvalue weighted by Gasteiger charge is 2.23. The summed E-state index contributed by atoms with van der Waals surface area (Å²) in [7, 11) is 0. The molecule has 34 heavy (non-hydrogen) atoms. The summed E-state index contributed by atoms with van der Waals surface area (Å²) in [6.45, 7) is 6.02. The number of amides is 1. The smallest absolute Gasteiger partial charge is 0.341 e. The van der Waals surface area contributed by atoms with E-state index in [4.69, 9.17) is 9.47 Å². The molecule has 2 aromatic carbocycles. The SMILES string of the molecule is CCOC(=O)c1c(NC(=O)/C(C#N)=C/c2ccc(OCc3ccccc3)c(Br)c2)sc(C)c1C. The van der Waals surface area contributed by atoms with Crippen LogP contribution in [0.3, 0.4) is 0 Å². The summed E-state index contributed by atoms with van der Waals surface area (Å²) in [5.41, 5.74) is 2.66. The van der Waals surface area contributed by atoms with Crippen molar-refractivity contribution < 1.29 is 19.1 Å². The Morgan fingerprint density at radius 2 is 1.91 bits per heavy atom. The zero-order valence-corrected chi connectivity index (χ0v) is 21.4. The van der Waals surface area contributed by atoms with Crippen molar-refractivity contribution in [2.45, 2.75) is 27.4 Å². The van der Waals surface area contributed by atoms with Crippen molar-refractivity contribution >= 4 is 50.2 Å². The largest absolute Gasteiger partial charge is 0.488 e. The zero-order valence-electron chi connectivity index (χ0n) is 19.0. The Bertz CT molecular complexity index is 1280. The number of halogens is 1. The Hall–Kier alpha value is -3.41. The molecule has 1 N–H and O–H groups in total. The number of hydrogen-bond acceptors (Lipinski definition) is 6. The van der Waals surface area contributed by atoms with Gasteiger partial charge in [0.05, 0.1) is 16.6 Å². The molecule has 174 valence electrons. The number of carbonyl (C=O) groups is 2. The third-order valence-electron chi connectivity index (χ3n) is 4.96. The van der Waals surface area contributed by atoms with Crippen LogP contribution < -0.4 is 10.1 Å². The number of nitrogens with one attached hydrogen (secondary N) is 1. The second-order valence-electron chi connectivity index (χ2n) is 7.30. The van der Waals surface area contributed by atoms with Crippen LogP contribution in [0.15, 0.2) is 58.6 Å². The lowest BCUT2D eigenvalue weighted by Crippen LogP contribution is -2.16. The number of esters is 1. The van der Waals surface area contributed by atoms with E-state index < -0.39 is 11.9 Å². The summed E-state index contributed by atoms with van der Waals surface area (Å²) in [6.07, 6.45) is 1.48. The molecule has 1 amide bonds. The summed E-state index contributed by atoms with van der Waals surface area (Å²) < 4.78 is 11.7. The number of hydrogen-bond donors (Lipinski definition) is 1. The summed E-state index contributed by atoms with van der Waals surface area (Å²) in [4.78, 5) is 26.1. The number of carbonyl (C=O) groups excluding carboxylic acids is 2. The molecule has 0 aliphatic heterocycles. The van der Waals surface area contributed by atoms with Gasteiger partial charge in [-0.3, -0.25) is 4.79 Å². The number of nitriles is 1. The molecule has 1 aromatic heterocycles. The van der Waals surface area contributed by atoms with E-state index in [1.807, 2.05) is 43.3 Å². The molecule has 0 unspecified atom stereocenters. The molecule has 6 nitrogen and oxygen atoms in total. The number of anilines is 1. The number of thiophene rings is 1. The van der Waals surface area contributed by atoms with Gasteiger partial charge in [-0.15, -0.1) is 11.3 Å². The van der Waals surface area contributed by atoms with Crippen LogP contribution in [-0.4, -0.2) is 18.5 Å². The molecule has 3 rings (SSSR count). The third-order valence-corrected chi connectivity index (χ3v) is 6.70. The monoisotopic (exact) mass is 538 g/mol. The summed E-state index contributed by atoms with van der Waals surface area (Å²) in [5.74, 6) is -0.459. The van der Waals surface area contributed by atoms with Gasteiger partial charge in [0.1, 0.15) is 29.0 Å². The second-order valence-corrected chi connectivity index (χ2v) is 9.37. The van der Waals surface area contributed by atoms with E-state index in [1.54, 1.807) is 32.0 Å². The van der Waals surface area contributed by atoms with E-state index in [0.29, 0.717) is 33.0 Å². The first kappa shape index (κ1) is 25.2. The average Bonchev–Trinajstić information content (AvgIpc) is 3.10. The van der Waals surface area contributed by atoms with E-state index in [0.717, 1.165) is 16.0 Å². The molecule has 0 radical (unpaired) electrons. The Morgan fingerprint density at radius 3 is 2.56 bits per heavy atom. The predicted octanol–water partition coefficient (Wildman–Crippen LogP) is 6.43. The van der Waals surface area contributed by atoms with Crippen LogP contribution in [0.1, 0.15) is 38.8 Å². The average molecular weight is 539 g/mol. The summed E-state index contributed by atoms with van der Waals surface area (Å²) >= 11 is 4.76. The minimum Gasteiger partial charge on any atom is -0.488 e. The maximum Gasteiger partial charge on any atom is 0.341 e. The van der Waals surface area contributed by atoms with Crippen molar-refractivity contribution in [3.8, 4) is 11.8 Å². The number of ether oxygens (including phenoxy) is 2. The standard InChI is InChI=1S/C26H23BrN2O4S/c1-4-32-26(31)23-16(2)17(3)34-25(23)29-24(30)20(14-28)12-19-10-11-22(21(27)13-19)33-15-18-8-6-5-7-9-18/h5-13H,4,15H2,1-3H3,(H,29,30)/b20-12+. The maximum absolute atomic E-state index is 12.8. The molecule has 3 aromatic rings. The highest BCUT2D eigenvalue weighted by atomic mass is 79.9. The van der Waals surface area contributed by atoms with E-state index in [1.165, 1.54) is 17.4 Å². The minimum absolute atomic E-state index is 0.0941. The highest BCUT2D eigenvalue weighted by Crippen LogP contribution is 2.33. The molecule has 0 saturated carbocycles. The van der Waals surface area contributed by atoms with E-state index >= 15 is 0 Å². The Kier molecular flexibility index (Phi) is 8.63. The van der Waals surface area contributed by atoms with Gasteiger partial charge in [0.15, 0.2) is 0 Å². The van der Waals surface area contributed by atoms with Gasteiger partial charge in [0, 0.05) is 4.88 Å². The zero-order chi connectivity index (χ0) is 24.7. The lowest BCUT2D eigenvalue weighted by molar-refractivity contribution is -0.112. The number of nitrogens with zero attached hydrogens (tertiary/aromatic N) is 1. The topological polar surface area (TPSA) is 88.4 Å². The van der Waals surface area contributed by atoms with Gasteiger partial charge in [-0.2, -0.15) is 5.26 Å². The fourth-order valence-electron chi connectivity index (χ4n) is 3.11. The van der Waals surface area contributed by atoms with Crippen LogP contribution >= 0.6 is 27.3 Å². The summed E-state index contributed by atoms with van der Waals surface area (Å²) in [6, 6.07) is 17.0. The molecule has 0 atom stereocenters. The molecule has 0 bridgehead atoms. The van der Waals surface area contributed by atoms with Crippen LogP contribution in [-0.2, 0) is 16.1 Å². The van der Waals surface area contributed by atoms with Crippen molar-refractivity contribution in [2.24, 2.45) is 0 Å². The first-order valence-corrected chi connectivity index (χ1v) is 12.1. The van der Waals surface area contributed by atoms with Gasteiger partial charge in [0.2, 0.25) is 0 Å². The molecule has 8 heteroatoms. The van der Waals surface area contributed by atoms with Crippen molar-refractivity contribution in [2.75, 3.05) is 11.9 Å². The molecule has 0 aliphatic carbocycles. The molecule has 0 aliphatic rings.